The molecule has 0 saturated heterocycles. The molecule has 78 valence electrons. The molecule has 1 fully saturated rings. The first-order valence-electron chi connectivity index (χ1n) is 5.01. The first kappa shape index (κ1) is 9.96. The van der Waals surface area contributed by atoms with E-state index in [9.17, 15) is 0 Å². The van der Waals surface area contributed by atoms with Gasteiger partial charge in [0, 0.05) is 6.54 Å². The summed E-state index contributed by atoms with van der Waals surface area (Å²) in [5, 5.41) is 4.16. The minimum Gasteiger partial charge on any atom is -0.366 e. The predicted octanol–water partition coefficient (Wildman–Crippen LogP) is 2.20. The molecule has 0 atom stereocenters. The molecule has 2 rings (SSSR count). The van der Waals surface area contributed by atoms with Gasteiger partial charge in [-0.05, 0) is 40.6 Å². The maximum absolute atomic E-state index is 5.53. The molecule has 1 aliphatic carbocycles. The number of nitrogen functional groups attached to an aromatic ring is 1. The SMILES string of the molecule is CCC1(Cn2nc(N)nc2Br)CCC1. The average Bonchev–Trinajstić information content (AvgIpc) is 2.38. The topological polar surface area (TPSA) is 56.7 Å². The highest BCUT2D eigenvalue weighted by Gasteiger charge is 2.36. The van der Waals surface area contributed by atoms with Crippen LogP contribution in [-0.4, -0.2) is 14.8 Å². The molecule has 0 unspecified atom stereocenters. The van der Waals surface area contributed by atoms with E-state index in [1.165, 1.54) is 25.7 Å². The number of nitrogens with zero attached hydrogens (tertiary/aromatic N) is 3. The Morgan fingerprint density at radius 2 is 2.29 bits per heavy atom. The van der Waals surface area contributed by atoms with Gasteiger partial charge in [-0.15, -0.1) is 5.10 Å². The van der Waals surface area contributed by atoms with Gasteiger partial charge in [0.05, 0.1) is 0 Å². The molecular formula is C9H15BrN4. The van der Waals surface area contributed by atoms with E-state index in [-0.39, 0.29) is 0 Å². The second-order valence-electron chi connectivity index (χ2n) is 4.10. The summed E-state index contributed by atoms with van der Waals surface area (Å²) in [5.41, 5.74) is 5.97. The van der Waals surface area contributed by atoms with Crippen molar-refractivity contribution >= 4 is 21.9 Å². The van der Waals surface area contributed by atoms with Crippen LogP contribution >= 0.6 is 15.9 Å². The highest BCUT2D eigenvalue weighted by atomic mass is 79.9. The Morgan fingerprint density at radius 3 is 2.64 bits per heavy atom. The molecule has 0 spiro atoms. The Bertz CT molecular complexity index is 324. The second-order valence-corrected chi connectivity index (χ2v) is 4.81. The molecule has 14 heavy (non-hydrogen) atoms. The van der Waals surface area contributed by atoms with Crippen LogP contribution in [0.15, 0.2) is 4.73 Å². The number of aromatic nitrogens is 3. The fraction of sp³-hybridized carbons (Fsp3) is 0.778. The lowest BCUT2D eigenvalue weighted by Crippen LogP contribution is -2.33. The molecule has 1 saturated carbocycles. The van der Waals surface area contributed by atoms with Crippen molar-refractivity contribution in [3.05, 3.63) is 4.73 Å². The van der Waals surface area contributed by atoms with Crippen molar-refractivity contribution in [3.8, 4) is 0 Å². The first-order valence-corrected chi connectivity index (χ1v) is 5.80. The van der Waals surface area contributed by atoms with Gasteiger partial charge < -0.3 is 5.73 Å². The van der Waals surface area contributed by atoms with Gasteiger partial charge in [0.25, 0.3) is 0 Å². The fourth-order valence-electron chi connectivity index (χ4n) is 2.06. The predicted molar refractivity (Wildman–Crippen MR) is 58.7 cm³/mol. The molecule has 1 aromatic heterocycles. The summed E-state index contributed by atoms with van der Waals surface area (Å²) in [7, 11) is 0. The molecule has 5 heteroatoms. The summed E-state index contributed by atoms with van der Waals surface area (Å²) in [6.07, 6.45) is 5.15. The van der Waals surface area contributed by atoms with Crippen LogP contribution in [0.5, 0.6) is 0 Å². The van der Waals surface area contributed by atoms with Crippen LogP contribution < -0.4 is 5.73 Å². The maximum atomic E-state index is 5.53. The lowest BCUT2D eigenvalue weighted by Gasteiger charge is -2.41. The smallest absolute Gasteiger partial charge is 0.240 e. The average molecular weight is 259 g/mol. The normalized spacial score (nSPS) is 19.3. The molecule has 4 nitrogen and oxygen atoms in total. The fourth-order valence-corrected chi connectivity index (χ4v) is 2.44. The second kappa shape index (κ2) is 3.53. The van der Waals surface area contributed by atoms with E-state index in [1.54, 1.807) is 0 Å². The third-order valence-electron chi connectivity index (χ3n) is 3.29. The van der Waals surface area contributed by atoms with Gasteiger partial charge in [0.15, 0.2) is 4.73 Å². The van der Waals surface area contributed by atoms with Crippen molar-refractivity contribution in [1.29, 1.82) is 0 Å². The number of nitrogens with two attached hydrogens (primary N) is 1. The number of rotatable bonds is 3. The van der Waals surface area contributed by atoms with E-state index < -0.39 is 0 Å². The Morgan fingerprint density at radius 1 is 1.57 bits per heavy atom. The summed E-state index contributed by atoms with van der Waals surface area (Å²) in [6.45, 7) is 3.18. The summed E-state index contributed by atoms with van der Waals surface area (Å²) >= 11 is 3.36. The minimum absolute atomic E-state index is 0.349. The van der Waals surface area contributed by atoms with E-state index in [0.717, 1.165) is 11.3 Å². The van der Waals surface area contributed by atoms with Gasteiger partial charge in [-0.1, -0.05) is 13.3 Å². The molecule has 1 heterocycles. The van der Waals surface area contributed by atoms with E-state index in [1.807, 2.05) is 4.68 Å². The van der Waals surface area contributed by atoms with E-state index in [4.69, 9.17) is 5.73 Å². The van der Waals surface area contributed by atoms with Crippen LogP contribution in [0, 0.1) is 5.41 Å². The van der Waals surface area contributed by atoms with Gasteiger partial charge in [0.1, 0.15) is 0 Å². The maximum Gasteiger partial charge on any atom is 0.240 e. The van der Waals surface area contributed by atoms with Gasteiger partial charge in [-0.25, -0.2) is 4.68 Å². The monoisotopic (exact) mass is 258 g/mol. The van der Waals surface area contributed by atoms with Crippen molar-refractivity contribution < 1.29 is 0 Å². The van der Waals surface area contributed by atoms with Gasteiger partial charge >= 0.3 is 0 Å². The molecule has 0 aliphatic heterocycles. The molecule has 0 amide bonds. The van der Waals surface area contributed by atoms with Gasteiger partial charge in [-0.2, -0.15) is 4.98 Å². The van der Waals surface area contributed by atoms with E-state index in [0.29, 0.717) is 11.4 Å². The zero-order chi connectivity index (χ0) is 10.2. The van der Waals surface area contributed by atoms with Gasteiger partial charge in [0.2, 0.25) is 5.95 Å². The Hall–Kier alpha value is -0.580. The summed E-state index contributed by atoms with van der Waals surface area (Å²) in [4.78, 5) is 4.03. The van der Waals surface area contributed by atoms with Gasteiger partial charge in [-0.3, -0.25) is 0 Å². The largest absolute Gasteiger partial charge is 0.366 e. The molecule has 2 N–H and O–H groups in total. The summed E-state index contributed by atoms with van der Waals surface area (Å²) in [5.74, 6) is 0.349. The standard InChI is InChI=1S/C9H15BrN4/c1-2-9(4-3-5-9)6-14-7(10)12-8(11)13-14/h2-6H2,1H3,(H2,11,13). The minimum atomic E-state index is 0.349. The zero-order valence-corrected chi connectivity index (χ0v) is 9.92. The molecule has 0 bridgehead atoms. The Balaban J connectivity index is 2.13. The lowest BCUT2D eigenvalue weighted by molar-refractivity contribution is 0.0938. The third-order valence-corrected chi connectivity index (χ3v) is 3.88. The van der Waals surface area contributed by atoms with Crippen LogP contribution in [0.25, 0.3) is 0 Å². The van der Waals surface area contributed by atoms with Crippen molar-refractivity contribution in [2.45, 2.75) is 39.2 Å². The van der Waals surface area contributed by atoms with Crippen LogP contribution in [0.4, 0.5) is 5.95 Å². The van der Waals surface area contributed by atoms with Crippen LogP contribution in [0.1, 0.15) is 32.6 Å². The number of anilines is 1. The molecule has 1 aromatic rings. The number of halogens is 1. The molecule has 1 aliphatic rings. The molecule has 0 radical (unpaired) electrons. The highest BCUT2D eigenvalue weighted by molar-refractivity contribution is 9.10. The summed E-state index contributed by atoms with van der Waals surface area (Å²) in [6, 6.07) is 0. The van der Waals surface area contributed by atoms with Crippen molar-refractivity contribution in [2.24, 2.45) is 5.41 Å². The molecule has 0 aromatic carbocycles. The van der Waals surface area contributed by atoms with Crippen LogP contribution in [0.2, 0.25) is 0 Å². The first-order chi connectivity index (χ1) is 6.65. The number of hydrogen-bond donors (Lipinski definition) is 1. The van der Waals surface area contributed by atoms with Crippen LogP contribution in [0.3, 0.4) is 0 Å². The quantitative estimate of drug-likeness (QED) is 0.905. The van der Waals surface area contributed by atoms with E-state index in [2.05, 4.69) is 32.9 Å². The lowest BCUT2D eigenvalue weighted by atomic mass is 9.67. The zero-order valence-electron chi connectivity index (χ0n) is 8.33. The summed E-state index contributed by atoms with van der Waals surface area (Å²) < 4.78 is 2.62. The Labute approximate surface area is 92.0 Å². The molecular weight excluding hydrogens is 244 g/mol. The van der Waals surface area contributed by atoms with Crippen molar-refractivity contribution in [1.82, 2.24) is 14.8 Å². The third kappa shape index (κ3) is 1.65. The van der Waals surface area contributed by atoms with Crippen molar-refractivity contribution in [2.75, 3.05) is 5.73 Å². The van der Waals surface area contributed by atoms with Crippen LogP contribution in [-0.2, 0) is 6.54 Å². The number of hydrogen-bond acceptors (Lipinski definition) is 3. The Kier molecular flexibility index (Phi) is 2.51. The highest BCUT2D eigenvalue weighted by Crippen LogP contribution is 2.45. The van der Waals surface area contributed by atoms with E-state index >= 15 is 0 Å². The van der Waals surface area contributed by atoms with Crippen molar-refractivity contribution in [3.63, 3.8) is 0 Å².